The van der Waals surface area contributed by atoms with Crippen LogP contribution < -0.4 is 20.8 Å². The summed E-state index contributed by atoms with van der Waals surface area (Å²) in [5, 5.41) is 0. The highest BCUT2D eigenvalue weighted by Crippen LogP contribution is 2.51. The third-order valence-electron chi connectivity index (χ3n) is 6.15. The average Bonchev–Trinajstić information content (AvgIpc) is 3.29. The normalized spacial score (nSPS) is 17.5. The second-order valence-electron chi connectivity index (χ2n) is 8.12. The number of hydrogen-bond acceptors (Lipinski definition) is 6. The molecule has 1 aromatic heterocycles. The molecule has 2 unspecified atom stereocenters. The zero-order valence-electron chi connectivity index (χ0n) is 18.4. The highest BCUT2D eigenvalue weighted by Gasteiger charge is 2.43. The third-order valence-corrected chi connectivity index (χ3v) is 6.15. The number of benzene rings is 3. The fourth-order valence-electron chi connectivity index (χ4n) is 4.56. The van der Waals surface area contributed by atoms with Gasteiger partial charge in [0, 0.05) is 17.2 Å². The van der Waals surface area contributed by atoms with Crippen molar-refractivity contribution in [2.24, 2.45) is 0 Å². The van der Waals surface area contributed by atoms with Gasteiger partial charge in [0.25, 0.3) is 11.5 Å². The smallest absolute Gasteiger partial charge is 0.427 e. The standard InChI is InChI=1S/C27H18FNO6/c1-32-15-10-12-16(13-11-15)33-22-14-19-23-25(18-7-3-2-6-17(18)24(19)34-22)35-27(31)29(26(23)30)21-9-5-4-8-20(21)28/h2-14,19,24H,1H3. The van der Waals surface area contributed by atoms with Crippen LogP contribution in [0.25, 0.3) is 17.0 Å². The average molecular weight is 471 g/mol. The van der Waals surface area contributed by atoms with Crippen LogP contribution >= 0.6 is 0 Å². The third kappa shape index (κ3) is 3.33. The maximum atomic E-state index is 14.5. The topological polar surface area (TPSA) is 79.9 Å². The van der Waals surface area contributed by atoms with Gasteiger partial charge in [-0.15, -0.1) is 0 Å². The highest BCUT2D eigenvalue weighted by atomic mass is 19.1. The minimum atomic E-state index is -0.968. The number of aromatic nitrogens is 1. The summed E-state index contributed by atoms with van der Waals surface area (Å²) >= 11 is 0. The first-order valence-corrected chi connectivity index (χ1v) is 10.9. The van der Waals surface area contributed by atoms with E-state index in [1.54, 1.807) is 55.7 Å². The van der Waals surface area contributed by atoms with Gasteiger partial charge < -0.3 is 18.6 Å². The fourth-order valence-corrected chi connectivity index (χ4v) is 4.56. The van der Waals surface area contributed by atoms with Crippen LogP contribution in [0.1, 0.15) is 23.1 Å². The number of halogens is 1. The minimum absolute atomic E-state index is 0.148. The molecule has 0 fully saturated rings. The maximum absolute atomic E-state index is 14.5. The largest absolute Gasteiger partial charge is 0.497 e. The zero-order valence-corrected chi connectivity index (χ0v) is 18.4. The molecule has 3 aromatic carbocycles. The van der Waals surface area contributed by atoms with Crippen molar-refractivity contribution in [2.45, 2.75) is 12.0 Å². The minimum Gasteiger partial charge on any atom is -0.497 e. The molecule has 2 atom stereocenters. The summed E-state index contributed by atoms with van der Waals surface area (Å²) in [5.41, 5.74) is 0.668. The molecular formula is C27H18FNO6. The summed E-state index contributed by atoms with van der Waals surface area (Å²) in [6.07, 6.45) is 1.10. The van der Waals surface area contributed by atoms with Gasteiger partial charge in [0.15, 0.2) is 0 Å². The van der Waals surface area contributed by atoms with Crippen LogP contribution in [0.3, 0.4) is 0 Å². The maximum Gasteiger partial charge on any atom is 0.427 e. The van der Waals surface area contributed by atoms with Crippen molar-refractivity contribution in [1.29, 1.82) is 0 Å². The van der Waals surface area contributed by atoms with E-state index in [2.05, 4.69) is 0 Å². The van der Waals surface area contributed by atoms with E-state index < -0.39 is 29.2 Å². The number of para-hydroxylation sites is 1. The molecule has 0 saturated carbocycles. The molecular weight excluding hydrogens is 453 g/mol. The number of fused-ring (bicyclic) bond motifs is 6. The zero-order chi connectivity index (χ0) is 24.1. The first-order chi connectivity index (χ1) is 17.0. The summed E-state index contributed by atoms with van der Waals surface area (Å²) in [4.78, 5) is 26.5. The number of rotatable bonds is 4. The van der Waals surface area contributed by atoms with Crippen LogP contribution in [0, 0.1) is 5.82 Å². The van der Waals surface area contributed by atoms with Crippen LogP contribution in [0.2, 0.25) is 0 Å². The van der Waals surface area contributed by atoms with Crippen molar-refractivity contribution < 1.29 is 23.0 Å². The first-order valence-electron chi connectivity index (χ1n) is 10.9. The van der Waals surface area contributed by atoms with Crippen LogP contribution in [-0.4, -0.2) is 11.7 Å². The molecule has 7 nitrogen and oxygen atoms in total. The van der Waals surface area contributed by atoms with Gasteiger partial charge in [0.05, 0.1) is 24.3 Å². The predicted molar refractivity (Wildman–Crippen MR) is 124 cm³/mol. The molecule has 1 aliphatic carbocycles. The molecule has 35 heavy (non-hydrogen) atoms. The van der Waals surface area contributed by atoms with Crippen LogP contribution in [0.4, 0.5) is 4.39 Å². The Morgan fingerprint density at radius 2 is 1.63 bits per heavy atom. The van der Waals surface area contributed by atoms with Crippen molar-refractivity contribution in [1.82, 2.24) is 4.57 Å². The van der Waals surface area contributed by atoms with Gasteiger partial charge in [-0.1, -0.05) is 36.4 Å². The van der Waals surface area contributed by atoms with Crippen LogP contribution in [0.15, 0.2) is 98.8 Å². The van der Waals surface area contributed by atoms with E-state index in [9.17, 15) is 14.0 Å². The van der Waals surface area contributed by atoms with Crippen LogP contribution in [-0.2, 0) is 4.74 Å². The lowest BCUT2D eigenvalue weighted by molar-refractivity contribution is 0.0599. The molecule has 8 heteroatoms. The van der Waals surface area contributed by atoms with Gasteiger partial charge in [-0.05, 0) is 36.4 Å². The Kier molecular flexibility index (Phi) is 4.81. The number of nitrogens with zero attached hydrogens (tertiary/aromatic N) is 1. The molecule has 4 aromatic rings. The molecule has 2 heterocycles. The van der Waals surface area contributed by atoms with Gasteiger partial charge >= 0.3 is 5.76 Å². The molecule has 174 valence electrons. The second kappa shape index (κ2) is 8.02. The molecule has 0 spiro atoms. The van der Waals surface area contributed by atoms with E-state index in [1.165, 1.54) is 18.2 Å². The molecule has 0 saturated heterocycles. The van der Waals surface area contributed by atoms with Gasteiger partial charge in [-0.2, -0.15) is 0 Å². The molecule has 0 N–H and O–H groups in total. The molecule has 0 bridgehead atoms. The van der Waals surface area contributed by atoms with E-state index in [0.717, 1.165) is 10.1 Å². The van der Waals surface area contributed by atoms with Gasteiger partial charge in [0.2, 0.25) is 0 Å². The Labute approximate surface area is 198 Å². The van der Waals surface area contributed by atoms with Gasteiger partial charge in [-0.3, -0.25) is 4.79 Å². The SMILES string of the molecule is COc1ccc(OC2=CC3c4c(oc(=O)n(-c5ccccc5F)c4=O)-c4ccccc4C3O2)cc1. The highest BCUT2D eigenvalue weighted by molar-refractivity contribution is 5.71. The summed E-state index contributed by atoms with van der Waals surface area (Å²) in [6.45, 7) is 0. The van der Waals surface area contributed by atoms with Crippen molar-refractivity contribution >= 4 is 0 Å². The Morgan fingerprint density at radius 3 is 2.40 bits per heavy atom. The van der Waals surface area contributed by atoms with Crippen molar-refractivity contribution in [2.75, 3.05) is 7.11 Å². The molecule has 6 rings (SSSR count). The summed E-state index contributed by atoms with van der Waals surface area (Å²) in [6, 6.07) is 19.8. The lowest BCUT2D eigenvalue weighted by Gasteiger charge is -2.27. The summed E-state index contributed by atoms with van der Waals surface area (Å²) < 4.78 is 38.1. The Bertz CT molecular complexity index is 1600. The number of hydrogen-bond donors (Lipinski definition) is 0. The molecule has 0 amide bonds. The Morgan fingerprint density at radius 1 is 0.914 bits per heavy atom. The summed E-state index contributed by atoms with van der Waals surface area (Å²) in [5.74, 6) is -0.735. The fraction of sp³-hybridized carbons (Fsp3) is 0.111. The van der Waals surface area contributed by atoms with Crippen LogP contribution in [0.5, 0.6) is 11.5 Å². The monoisotopic (exact) mass is 471 g/mol. The van der Waals surface area contributed by atoms with E-state index in [1.807, 2.05) is 12.1 Å². The predicted octanol–water partition coefficient (Wildman–Crippen LogP) is 4.69. The van der Waals surface area contributed by atoms with Gasteiger partial charge in [-0.25, -0.2) is 13.8 Å². The first kappa shape index (κ1) is 21.0. The van der Waals surface area contributed by atoms with E-state index >= 15 is 0 Å². The van der Waals surface area contributed by atoms with E-state index in [0.29, 0.717) is 17.1 Å². The number of ether oxygens (including phenoxy) is 3. The second-order valence-corrected chi connectivity index (χ2v) is 8.12. The Hall–Kier alpha value is -4.59. The van der Waals surface area contributed by atoms with E-state index in [-0.39, 0.29) is 23.0 Å². The van der Waals surface area contributed by atoms with Crippen molar-refractivity contribution in [3.8, 4) is 28.5 Å². The quantitative estimate of drug-likeness (QED) is 0.430. The molecule has 2 aliphatic rings. The lowest BCUT2D eigenvalue weighted by atomic mass is 9.81. The van der Waals surface area contributed by atoms with Crippen molar-refractivity contribution in [3.63, 3.8) is 0 Å². The molecule has 0 radical (unpaired) electrons. The lowest BCUT2D eigenvalue weighted by Crippen LogP contribution is -2.37. The number of methoxy groups -OCH3 is 1. The molecule has 1 aliphatic heterocycles. The van der Waals surface area contributed by atoms with Gasteiger partial charge in [0.1, 0.15) is 29.2 Å². The van der Waals surface area contributed by atoms with Crippen molar-refractivity contribution in [3.05, 3.63) is 123 Å². The Balaban J connectivity index is 1.51. The van der Waals surface area contributed by atoms with E-state index in [4.69, 9.17) is 18.6 Å². The summed E-state index contributed by atoms with van der Waals surface area (Å²) in [7, 11) is 1.57.